The molecule has 20 heavy (non-hydrogen) atoms. The van der Waals surface area contributed by atoms with Crippen molar-refractivity contribution >= 4 is 11.4 Å². The lowest BCUT2D eigenvalue weighted by atomic mass is 10.1. The quantitative estimate of drug-likeness (QED) is 0.814. The maximum atomic E-state index is 12.5. The van der Waals surface area contributed by atoms with Crippen LogP contribution in [0.5, 0.6) is 0 Å². The Kier molecular flexibility index (Phi) is 3.88. The molecule has 5 heteroatoms. The van der Waals surface area contributed by atoms with E-state index in [1.807, 2.05) is 25.1 Å². The average Bonchev–Trinajstić information content (AvgIpc) is 2.38. The molecule has 0 heterocycles. The highest BCUT2D eigenvalue weighted by atomic mass is 19.4. The molecule has 3 N–H and O–H groups in total. The third-order valence-corrected chi connectivity index (χ3v) is 3.01. The molecular formula is C15H15F3N2. The number of anilines is 2. The molecule has 0 saturated carbocycles. The zero-order valence-corrected chi connectivity index (χ0v) is 10.9. The summed E-state index contributed by atoms with van der Waals surface area (Å²) in [5.74, 6) is 0. The minimum atomic E-state index is -4.31. The molecule has 0 aliphatic rings. The Morgan fingerprint density at radius 3 is 2.25 bits per heavy atom. The molecule has 2 nitrogen and oxygen atoms in total. The smallest absolute Gasteiger partial charge is 0.399 e. The van der Waals surface area contributed by atoms with Gasteiger partial charge in [0.1, 0.15) is 0 Å². The van der Waals surface area contributed by atoms with Crippen molar-refractivity contribution in [2.24, 2.45) is 0 Å². The van der Waals surface area contributed by atoms with Crippen LogP contribution in [0.3, 0.4) is 0 Å². The average molecular weight is 280 g/mol. The molecule has 0 amide bonds. The Morgan fingerprint density at radius 2 is 1.70 bits per heavy atom. The van der Waals surface area contributed by atoms with E-state index in [9.17, 15) is 13.2 Å². The first-order valence-electron chi connectivity index (χ1n) is 6.15. The van der Waals surface area contributed by atoms with E-state index in [1.165, 1.54) is 12.1 Å². The molecule has 0 spiro atoms. The summed E-state index contributed by atoms with van der Waals surface area (Å²) in [7, 11) is 0. The first-order chi connectivity index (χ1) is 9.36. The minimum Gasteiger partial charge on any atom is -0.399 e. The van der Waals surface area contributed by atoms with Crippen molar-refractivity contribution in [2.75, 3.05) is 11.1 Å². The summed E-state index contributed by atoms with van der Waals surface area (Å²) < 4.78 is 37.4. The van der Waals surface area contributed by atoms with Gasteiger partial charge in [0, 0.05) is 17.4 Å². The predicted octanol–water partition coefficient (Wildman–Crippen LogP) is 4.46. The number of nitrogens with two attached hydrogens (primary N) is 1. The van der Waals surface area contributed by atoms with Crippen molar-refractivity contribution in [3.8, 4) is 0 Å². The third-order valence-electron chi connectivity index (χ3n) is 3.01. The number of rotatable bonds is 3. The number of hydrogen-bond donors (Lipinski definition) is 2. The highest BCUT2D eigenvalue weighted by molar-refractivity contribution is 5.49. The fourth-order valence-corrected chi connectivity index (χ4v) is 1.92. The topological polar surface area (TPSA) is 38.0 Å². The van der Waals surface area contributed by atoms with E-state index in [2.05, 4.69) is 5.32 Å². The Balaban J connectivity index is 2.10. The normalized spacial score (nSPS) is 13.0. The van der Waals surface area contributed by atoms with Gasteiger partial charge in [-0.1, -0.05) is 12.1 Å². The van der Waals surface area contributed by atoms with Gasteiger partial charge in [-0.3, -0.25) is 0 Å². The van der Waals surface area contributed by atoms with Gasteiger partial charge in [0.2, 0.25) is 0 Å². The van der Waals surface area contributed by atoms with E-state index >= 15 is 0 Å². The van der Waals surface area contributed by atoms with Crippen LogP contribution in [0.4, 0.5) is 24.5 Å². The number of nitrogens with one attached hydrogen (secondary N) is 1. The summed E-state index contributed by atoms with van der Waals surface area (Å²) in [6, 6.07) is 12.3. The van der Waals surface area contributed by atoms with Crippen molar-refractivity contribution < 1.29 is 13.2 Å². The Labute approximate surface area is 115 Å². The Bertz CT molecular complexity index is 576. The SMILES string of the molecule is CC(Nc1ccc(C(F)(F)F)cc1)c1cccc(N)c1. The molecule has 106 valence electrons. The van der Waals surface area contributed by atoms with Crippen molar-refractivity contribution in [3.05, 3.63) is 59.7 Å². The standard InChI is InChI=1S/C15H15F3N2/c1-10(11-3-2-4-13(19)9-11)20-14-7-5-12(6-8-14)15(16,17)18/h2-10,20H,19H2,1H3. The molecule has 1 atom stereocenters. The second-order valence-electron chi connectivity index (χ2n) is 4.61. The van der Waals surface area contributed by atoms with E-state index in [1.54, 1.807) is 6.07 Å². The maximum absolute atomic E-state index is 12.5. The van der Waals surface area contributed by atoms with Gasteiger partial charge < -0.3 is 11.1 Å². The van der Waals surface area contributed by atoms with Gasteiger partial charge in [-0.25, -0.2) is 0 Å². The molecule has 0 bridgehead atoms. The molecule has 0 aromatic heterocycles. The van der Waals surface area contributed by atoms with Gasteiger partial charge in [-0.05, 0) is 48.9 Å². The number of halogens is 3. The van der Waals surface area contributed by atoms with Crippen LogP contribution >= 0.6 is 0 Å². The predicted molar refractivity (Wildman–Crippen MR) is 74.3 cm³/mol. The molecule has 0 radical (unpaired) electrons. The molecule has 0 saturated heterocycles. The van der Waals surface area contributed by atoms with Crippen LogP contribution in [0.15, 0.2) is 48.5 Å². The van der Waals surface area contributed by atoms with Gasteiger partial charge in [-0.2, -0.15) is 13.2 Å². The zero-order valence-electron chi connectivity index (χ0n) is 10.9. The van der Waals surface area contributed by atoms with Crippen LogP contribution in [-0.2, 0) is 6.18 Å². The molecule has 2 aromatic carbocycles. The van der Waals surface area contributed by atoms with Gasteiger partial charge >= 0.3 is 6.18 Å². The summed E-state index contributed by atoms with van der Waals surface area (Å²) in [5, 5.41) is 3.14. The molecule has 0 aliphatic heterocycles. The lowest BCUT2D eigenvalue weighted by Gasteiger charge is -2.16. The minimum absolute atomic E-state index is 0.0461. The second kappa shape index (κ2) is 5.45. The van der Waals surface area contributed by atoms with Gasteiger partial charge in [0.15, 0.2) is 0 Å². The van der Waals surface area contributed by atoms with Gasteiger partial charge in [-0.15, -0.1) is 0 Å². The van der Waals surface area contributed by atoms with Crippen LogP contribution in [-0.4, -0.2) is 0 Å². The summed E-state index contributed by atoms with van der Waals surface area (Å²) in [4.78, 5) is 0. The van der Waals surface area contributed by atoms with E-state index in [0.717, 1.165) is 17.7 Å². The lowest BCUT2D eigenvalue weighted by molar-refractivity contribution is -0.137. The van der Waals surface area contributed by atoms with Crippen molar-refractivity contribution in [3.63, 3.8) is 0 Å². The van der Waals surface area contributed by atoms with E-state index in [4.69, 9.17) is 5.73 Å². The number of hydrogen-bond acceptors (Lipinski definition) is 2. The van der Waals surface area contributed by atoms with E-state index in [0.29, 0.717) is 11.4 Å². The van der Waals surface area contributed by atoms with Gasteiger partial charge in [0.25, 0.3) is 0 Å². The molecule has 0 fully saturated rings. The van der Waals surface area contributed by atoms with Crippen LogP contribution in [0.1, 0.15) is 24.1 Å². The fraction of sp³-hybridized carbons (Fsp3) is 0.200. The Hall–Kier alpha value is -2.17. The highest BCUT2D eigenvalue weighted by Crippen LogP contribution is 2.30. The molecule has 1 unspecified atom stereocenters. The highest BCUT2D eigenvalue weighted by Gasteiger charge is 2.29. The van der Waals surface area contributed by atoms with Crippen LogP contribution in [0, 0.1) is 0 Å². The lowest BCUT2D eigenvalue weighted by Crippen LogP contribution is -2.08. The fourth-order valence-electron chi connectivity index (χ4n) is 1.92. The van der Waals surface area contributed by atoms with Crippen molar-refractivity contribution in [2.45, 2.75) is 19.1 Å². The van der Waals surface area contributed by atoms with E-state index < -0.39 is 11.7 Å². The first-order valence-corrected chi connectivity index (χ1v) is 6.15. The van der Waals surface area contributed by atoms with Crippen LogP contribution in [0.25, 0.3) is 0 Å². The second-order valence-corrected chi connectivity index (χ2v) is 4.61. The van der Waals surface area contributed by atoms with Crippen molar-refractivity contribution in [1.82, 2.24) is 0 Å². The molecular weight excluding hydrogens is 265 g/mol. The zero-order chi connectivity index (χ0) is 14.8. The first kappa shape index (κ1) is 14.2. The van der Waals surface area contributed by atoms with Crippen LogP contribution < -0.4 is 11.1 Å². The number of benzene rings is 2. The van der Waals surface area contributed by atoms with Crippen LogP contribution in [0.2, 0.25) is 0 Å². The van der Waals surface area contributed by atoms with E-state index in [-0.39, 0.29) is 6.04 Å². The third kappa shape index (κ3) is 3.44. The number of nitrogen functional groups attached to an aromatic ring is 1. The maximum Gasteiger partial charge on any atom is 0.416 e. The van der Waals surface area contributed by atoms with Crippen molar-refractivity contribution in [1.29, 1.82) is 0 Å². The molecule has 0 aliphatic carbocycles. The molecule has 2 rings (SSSR count). The summed E-state index contributed by atoms with van der Waals surface area (Å²) in [5.41, 5.74) is 7.32. The monoisotopic (exact) mass is 280 g/mol. The number of alkyl halides is 3. The largest absolute Gasteiger partial charge is 0.416 e. The summed E-state index contributed by atoms with van der Waals surface area (Å²) in [6.45, 7) is 1.92. The molecule has 2 aromatic rings. The Morgan fingerprint density at radius 1 is 1.05 bits per heavy atom. The van der Waals surface area contributed by atoms with Gasteiger partial charge in [0.05, 0.1) is 5.56 Å². The summed E-state index contributed by atoms with van der Waals surface area (Å²) in [6.07, 6.45) is -4.31. The summed E-state index contributed by atoms with van der Waals surface area (Å²) >= 11 is 0.